The van der Waals surface area contributed by atoms with Gasteiger partial charge in [-0.3, -0.25) is 9.59 Å². The number of Topliss-reactive ketones (excluding diaryl/α,β-unsaturated/α-hetero) is 1. The number of hydrogen-bond acceptors (Lipinski definition) is 12. The Hall–Kier alpha value is -2.43. The van der Waals surface area contributed by atoms with Crippen LogP contribution in [0, 0.1) is 28.1 Å². The Morgan fingerprint density at radius 3 is 2.28 bits per heavy atom. The lowest BCUT2D eigenvalue weighted by Crippen LogP contribution is -2.70. The fourth-order valence-corrected chi connectivity index (χ4v) is 10.3. The van der Waals surface area contributed by atoms with Crippen LogP contribution in [-0.4, -0.2) is 109 Å². The van der Waals surface area contributed by atoms with Crippen molar-refractivity contribution in [3.05, 3.63) is 24.2 Å². The van der Waals surface area contributed by atoms with Crippen LogP contribution in [0.2, 0.25) is 0 Å². The van der Waals surface area contributed by atoms with Crippen LogP contribution >= 0.6 is 0 Å². The van der Waals surface area contributed by atoms with E-state index < -0.39 is 101 Å². The summed E-state index contributed by atoms with van der Waals surface area (Å²) in [6.45, 7) is 8.44. The lowest BCUT2D eigenvalue weighted by molar-refractivity contribution is -0.328. The summed E-state index contributed by atoms with van der Waals surface area (Å²) in [5.74, 6) is -3.42. The number of aliphatic carboxylic acids is 2. The highest BCUT2D eigenvalue weighted by molar-refractivity contribution is 5.92. The number of carbonyl (C=O) groups is 3. The van der Waals surface area contributed by atoms with Crippen molar-refractivity contribution in [3.63, 3.8) is 0 Å². The molecule has 46 heavy (non-hydrogen) atoms. The summed E-state index contributed by atoms with van der Waals surface area (Å²) in [5, 5.41) is 61.8. The molecule has 0 bridgehead atoms. The minimum absolute atomic E-state index is 0.0179. The molecule has 14 nitrogen and oxygen atoms in total. The van der Waals surface area contributed by atoms with E-state index in [1.54, 1.807) is 19.9 Å². The Kier molecular flexibility index (Phi) is 7.85. The number of aliphatic hydroxyl groups is 4. The summed E-state index contributed by atoms with van der Waals surface area (Å²) in [5.41, 5.74) is -5.66. The number of epoxide rings is 1. The van der Waals surface area contributed by atoms with Crippen molar-refractivity contribution in [1.29, 1.82) is 0 Å². The molecule has 2 saturated carbocycles. The molecule has 5 fully saturated rings. The number of rotatable bonds is 8. The van der Waals surface area contributed by atoms with Crippen molar-refractivity contribution in [2.24, 2.45) is 28.1 Å². The predicted molar refractivity (Wildman–Crippen MR) is 153 cm³/mol. The summed E-state index contributed by atoms with van der Waals surface area (Å²) in [6.07, 6.45) is -8.18. The van der Waals surface area contributed by atoms with E-state index in [9.17, 15) is 45.0 Å². The number of ether oxygens (including phenoxy) is 4. The van der Waals surface area contributed by atoms with E-state index in [1.165, 1.54) is 12.5 Å². The van der Waals surface area contributed by atoms with Gasteiger partial charge >= 0.3 is 11.9 Å². The topological polar surface area (TPSA) is 226 Å². The van der Waals surface area contributed by atoms with Gasteiger partial charge in [0.25, 0.3) is 0 Å². The molecule has 14 atom stereocenters. The lowest BCUT2D eigenvalue weighted by atomic mass is 9.37. The van der Waals surface area contributed by atoms with Crippen LogP contribution in [0.4, 0.5) is 0 Å². The number of fused-ring (bicyclic) bond motifs is 4. The molecule has 4 heterocycles. The maximum Gasteiger partial charge on any atom is 0.335 e. The summed E-state index contributed by atoms with van der Waals surface area (Å²) in [6, 6.07) is 1.59. The van der Waals surface area contributed by atoms with Crippen molar-refractivity contribution in [2.45, 2.75) is 121 Å². The third-order valence-electron chi connectivity index (χ3n) is 12.5. The van der Waals surface area contributed by atoms with Crippen LogP contribution in [0.15, 0.2) is 23.0 Å². The van der Waals surface area contributed by atoms with E-state index in [-0.39, 0.29) is 31.0 Å². The first kappa shape index (κ1) is 33.5. The molecule has 6 rings (SSSR count). The molecule has 3 saturated heterocycles. The molecule has 3 aliphatic heterocycles. The molecule has 5 aliphatic rings. The number of carboxylic acids is 2. The molecule has 14 heteroatoms. The largest absolute Gasteiger partial charge is 0.481 e. The molecule has 0 aromatic carbocycles. The quantitative estimate of drug-likeness (QED) is 0.216. The van der Waals surface area contributed by atoms with Gasteiger partial charge in [0.15, 0.2) is 12.4 Å². The molecule has 1 aromatic heterocycles. The van der Waals surface area contributed by atoms with Crippen molar-refractivity contribution in [3.8, 4) is 0 Å². The number of carboxylic acid groups (broad SMARTS) is 2. The summed E-state index contributed by atoms with van der Waals surface area (Å²) in [4.78, 5) is 39.5. The molecule has 6 N–H and O–H groups in total. The van der Waals surface area contributed by atoms with E-state index in [4.69, 9.17) is 23.4 Å². The van der Waals surface area contributed by atoms with Crippen molar-refractivity contribution in [1.82, 2.24) is 0 Å². The second-order valence-corrected chi connectivity index (χ2v) is 14.9. The average Bonchev–Trinajstić information content (AvgIpc) is 3.48. The van der Waals surface area contributed by atoms with Gasteiger partial charge in [-0.15, -0.1) is 0 Å². The van der Waals surface area contributed by atoms with Gasteiger partial charge in [-0.1, -0.05) is 13.8 Å². The molecule has 2 aliphatic carbocycles. The van der Waals surface area contributed by atoms with Gasteiger partial charge in [-0.25, -0.2) is 4.79 Å². The van der Waals surface area contributed by atoms with Crippen molar-refractivity contribution >= 4 is 17.7 Å². The Morgan fingerprint density at radius 1 is 1.02 bits per heavy atom. The standard InChI is InChI=1S/C32H44O14/c1-28(2)17-10-18(34)31(5)16(30(17,4)19(45-28)11-20(35)36)6-8-29(3,32(31)25(46-32)26(40)41)24(14-7-9-42-13-14)44-27-23(39)22(38)21(37)15(12-33)43-27/h7,9,13,15-17,19,21-25,27,33,37-39H,6,8,10-12H2,1-5H3,(H,35,36)(H,40,41)/t15-,16-,17+,19+,21-,22+,23-,24+,25-,27+,29+,30-,31+,32-/m1/s1. The SMILES string of the molecule is CC1(C)O[C@@H](CC(=O)O)[C@]2(C)[C@H]3CC[C@@](C)([C@@H](O[C@@H]4O[C@H](CO)[C@@H](O)[C@H](O)[C@H]4O)c4ccoc4)[C@@]4(O[C@@H]4C(=O)O)[C@]3(C)C(=O)C[C@@H]12. The van der Waals surface area contributed by atoms with Crippen LogP contribution in [-0.2, 0) is 33.3 Å². The number of hydrogen-bond donors (Lipinski definition) is 6. The summed E-state index contributed by atoms with van der Waals surface area (Å²) < 4.78 is 30.2. The minimum Gasteiger partial charge on any atom is -0.481 e. The van der Waals surface area contributed by atoms with Crippen LogP contribution in [0.1, 0.15) is 72.0 Å². The maximum atomic E-state index is 14.6. The normalized spacial score (nSPS) is 48.5. The molecular weight excluding hydrogens is 608 g/mol. The third kappa shape index (κ3) is 4.27. The maximum absolute atomic E-state index is 14.6. The van der Waals surface area contributed by atoms with Crippen molar-refractivity contribution in [2.75, 3.05) is 6.61 Å². The van der Waals surface area contributed by atoms with Gasteiger partial charge in [0.1, 0.15) is 35.8 Å². The number of furan rings is 1. The highest BCUT2D eigenvalue weighted by Crippen LogP contribution is 2.78. The van der Waals surface area contributed by atoms with Gasteiger partial charge in [0.2, 0.25) is 0 Å². The first-order chi connectivity index (χ1) is 21.4. The van der Waals surface area contributed by atoms with Crippen LogP contribution in [0.25, 0.3) is 0 Å². The first-order valence-electron chi connectivity index (χ1n) is 15.7. The first-order valence-corrected chi connectivity index (χ1v) is 15.7. The summed E-state index contributed by atoms with van der Waals surface area (Å²) >= 11 is 0. The van der Waals surface area contributed by atoms with E-state index in [1.807, 2.05) is 20.8 Å². The zero-order valence-electron chi connectivity index (χ0n) is 26.5. The van der Waals surface area contributed by atoms with Gasteiger partial charge in [-0.05, 0) is 45.6 Å². The number of aliphatic hydroxyl groups excluding tert-OH is 4. The van der Waals surface area contributed by atoms with Crippen molar-refractivity contribution < 1.29 is 68.4 Å². The highest BCUT2D eigenvalue weighted by Gasteiger charge is 2.87. The Balaban J connectivity index is 1.48. The van der Waals surface area contributed by atoms with E-state index in [2.05, 4.69) is 0 Å². The zero-order valence-corrected chi connectivity index (χ0v) is 26.5. The number of ketones is 1. The molecule has 1 spiro atoms. The lowest BCUT2D eigenvalue weighted by Gasteiger charge is -2.64. The Morgan fingerprint density at radius 2 is 1.72 bits per heavy atom. The third-order valence-corrected chi connectivity index (χ3v) is 12.5. The average molecular weight is 653 g/mol. The molecule has 0 unspecified atom stereocenters. The fourth-order valence-electron chi connectivity index (χ4n) is 10.3. The van der Waals surface area contributed by atoms with E-state index >= 15 is 0 Å². The Bertz CT molecular complexity index is 1380. The molecule has 256 valence electrons. The van der Waals surface area contributed by atoms with Crippen LogP contribution in [0.3, 0.4) is 0 Å². The molecule has 0 amide bonds. The van der Waals surface area contributed by atoms with Crippen LogP contribution in [0.5, 0.6) is 0 Å². The van der Waals surface area contributed by atoms with Gasteiger partial charge in [-0.2, -0.15) is 0 Å². The molecule has 1 aromatic rings. The Labute approximate surface area is 265 Å². The van der Waals surface area contributed by atoms with Gasteiger partial charge in [0.05, 0.1) is 48.8 Å². The fraction of sp³-hybridized carbons (Fsp3) is 0.781. The molecular formula is C32H44O14. The smallest absolute Gasteiger partial charge is 0.335 e. The monoisotopic (exact) mass is 652 g/mol. The van der Waals surface area contributed by atoms with E-state index in [0.29, 0.717) is 12.0 Å². The highest BCUT2D eigenvalue weighted by atomic mass is 16.7. The molecule has 0 radical (unpaired) electrons. The van der Waals surface area contributed by atoms with Crippen LogP contribution < -0.4 is 0 Å². The summed E-state index contributed by atoms with van der Waals surface area (Å²) in [7, 11) is 0. The second kappa shape index (κ2) is 10.8. The zero-order chi connectivity index (χ0) is 33.8. The predicted octanol–water partition coefficient (Wildman–Crippen LogP) is 1.03. The van der Waals surface area contributed by atoms with Gasteiger partial charge in [0, 0.05) is 28.7 Å². The minimum atomic E-state index is -1.75. The number of carbonyl (C=O) groups excluding carboxylic acids is 1. The van der Waals surface area contributed by atoms with Gasteiger partial charge < -0.3 is 54.0 Å². The van der Waals surface area contributed by atoms with E-state index in [0.717, 1.165) is 0 Å². The second-order valence-electron chi connectivity index (χ2n) is 14.9.